The first-order valence-corrected chi connectivity index (χ1v) is 7.70. The molecule has 0 bridgehead atoms. The van der Waals surface area contributed by atoms with Crippen LogP contribution in [0.3, 0.4) is 0 Å². The van der Waals surface area contributed by atoms with E-state index in [4.69, 9.17) is 5.26 Å². The molecular weight excluding hydrogens is 251 g/mol. The number of hydrogen-bond donors (Lipinski definition) is 0. The predicted molar refractivity (Wildman–Crippen MR) is 76.5 cm³/mol. The minimum atomic E-state index is -0.412. The van der Waals surface area contributed by atoms with Crippen molar-refractivity contribution in [1.29, 1.82) is 5.26 Å². The summed E-state index contributed by atoms with van der Waals surface area (Å²) in [5.74, 6) is 0.443. The molecule has 1 heterocycles. The summed E-state index contributed by atoms with van der Waals surface area (Å²) in [6, 6.07) is 7.60. The van der Waals surface area contributed by atoms with E-state index < -0.39 is 5.82 Å². The quantitative estimate of drug-likeness (QED) is 0.817. The molecule has 3 heteroatoms. The predicted octanol–water partition coefficient (Wildman–Crippen LogP) is 3.85. The first-order valence-electron chi connectivity index (χ1n) is 7.70. The number of nitriles is 1. The van der Waals surface area contributed by atoms with Crippen molar-refractivity contribution in [1.82, 2.24) is 4.90 Å². The van der Waals surface area contributed by atoms with Crippen molar-refractivity contribution in [3.8, 4) is 6.07 Å². The third-order valence-electron chi connectivity index (χ3n) is 4.90. The van der Waals surface area contributed by atoms with Gasteiger partial charge in [-0.15, -0.1) is 0 Å². The molecule has 1 saturated heterocycles. The molecule has 1 aliphatic carbocycles. The van der Waals surface area contributed by atoms with E-state index in [-0.39, 0.29) is 5.56 Å². The Balaban J connectivity index is 1.74. The van der Waals surface area contributed by atoms with Gasteiger partial charge in [-0.25, -0.2) is 4.39 Å². The molecule has 0 N–H and O–H groups in total. The van der Waals surface area contributed by atoms with Crippen LogP contribution in [0.25, 0.3) is 0 Å². The fraction of sp³-hybridized carbons (Fsp3) is 0.588. The number of likely N-dealkylation sites (tertiary alicyclic amines) is 1. The lowest BCUT2D eigenvalue weighted by molar-refractivity contribution is 0.0547. The summed E-state index contributed by atoms with van der Waals surface area (Å²) in [5, 5.41) is 8.93. The lowest BCUT2D eigenvalue weighted by Crippen LogP contribution is -2.46. The molecule has 1 aromatic rings. The largest absolute Gasteiger partial charge is 0.296 e. The van der Waals surface area contributed by atoms with Crippen LogP contribution in [0.2, 0.25) is 0 Å². The molecule has 0 amide bonds. The van der Waals surface area contributed by atoms with Crippen molar-refractivity contribution in [3.63, 3.8) is 0 Å². The maximum atomic E-state index is 13.4. The van der Waals surface area contributed by atoms with Crippen molar-refractivity contribution in [2.45, 2.75) is 51.1 Å². The minimum Gasteiger partial charge on any atom is -0.296 e. The lowest BCUT2D eigenvalue weighted by atomic mass is 9.78. The number of nitrogens with zero attached hydrogens (tertiary/aromatic N) is 2. The highest BCUT2D eigenvalue weighted by atomic mass is 19.1. The van der Waals surface area contributed by atoms with Gasteiger partial charge in [-0.05, 0) is 55.8 Å². The van der Waals surface area contributed by atoms with E-state index in [9.17, 15) is 4.39 Å². The van der Waals surface area contributed by atoms with Crippen molar-refractivity contribution in [3.05, 3.63) is 35.1 Å². The third-order valence-corrected chi connectivity index (χ3v) is 4.90. The first-order chi connectivity index (χ1) is 9.78. The second-order valence-corrected chi connectivity index (χ2v) is 6.15. The van der Waals surface area contributed by atoms with Crippen LogP contribution in [0.4, 0.5) is 4.39 Å². The van der Waals surface area contributed by atoms with E-state index >= 15 is 0 Å². The van der Waals surface area contributed by atoms with Crippen molar-refractivity contribution in [2.75, 3.05) is 6.54 Å². The Labute approximate surface area is 120 Å². The number of fused-ring (bicyclic) bond motifs is 1. The summed E-state index contributed by atoms with van der Waals surface area (Å²) in [7, 11) is 0. The van der Waals surface area contributed by atoms with E-state index in [1.807, 2.05) is 12.1 Å². The summed E-state index contributed by atoms with van der Waals surface area (Å²) < 4.78 is 13.4. The minimum absolute atomic E-state index is 0.166. The van der Waals surface area contributed by atoms with Gasteiger partial charge in [-0.3, -0.25) is 4.90 Å². The molecule has 2 aliphatic rings. The van der Waals surface area contributed by atoms with Gasteiger partial charge < -0.3 is 0 Å². The second kappa shape index (κ2) is 5.93. The molecular formula is C17H21FN2. The molecule has 0 aromatic heterocycles. The SMILES string of the molecule is N#Cc1cc(CN2CCCC3CCCCC32)ccc1F. The zero-order valence-corrected chi connectivity index (χ0v) is 11.8. The zero-order valence-electron chi connectivity index (χ0n) is 11.8. The molecule has 3 rings (SSSR count). The Hall–Kier alpha value is -1.40. The molecule has 0 spiro atoms. The number of piperidine rings is 1. The number of rotatable bonds is 2. The average molecular weight is 272 g/mol. The van der Waals surface area contributed by atoms with Gasteiger partial charge in [0.15, 0.2) is 0 Å². The Kier molecular flexibility index (Phi) is 4.03. The van der Waals surface area contributed by atoms with Crippen LogP contribution in [0.5, 0.6) is 0 Å². The fourth-order valence-corrected chi connectivity index (χ4v) is 3.92. The van der Waals surface area contributed by atoms with Gasteiger partial charge >= 0.3 is 0 Å². The van der Waals surface area contributed by atoms with Crippen molar-refractivity contribution < 1.29 is 4.39 Å². The molecule has 0 radical (unpaired) electrons. The number of halogens is 1. The normalized spacial score (nSPS) is 26.8. The number of hydrogen-bond acceptors (Lipinski definition) is 2. The van der Waals surface area contributed by atoms with Gasteiger partial charge in [-0.1, -0.05) is 18.9 Å². The summed E-state index contributed by atoms with van der Waals surface area (Å²) in [5.41, 5.74) is 1.23. The maximum absolute atomic E-state index is 13.4. The van der Waals surface area contributed by atoms with Gasteiger partial charge in [0.2, 0.25) is 0 Å². The van der Waals surface area contributed by atoms with Gasteiger partial charge in [-0.2, -0.15) is 5.26 Å². The van der Waals surface area contributed by atoms with Crippen molar-refractivity contribution >= 4 is 0 Å². The molecule has 1 aromatic carbocycles. The molecule has 2 nitrogen and oxygen atoms in total. The molecule has 106 valence electrons. The van der Waals surface area contributed by atoms with Crippen LogP contribution in [-0.4, -0.2) is 17.5 Å². The first kappa shape index (κ1) is 13.6. The van der Waals surface area contributed by atoms with Crippen LogP contribution in [-0.2, 0) is 6.54 Å². The van der Waals surface area contributed by atoms with Gasteiger partial charge in [0.1, 0.15) is 11.9 Å². The van der Waals surface area contributed by atoms with E-state index in [2.05, 4.69) is 4.90 Å². The highest BCUT2D eigenvalue weighted by Gasteiger charge is 2.32. The molecule has 20 heavy (non-hydrogen) atoms. The van der Waals surface area contributed by atoms with Crippen LogP contribution in [0, 0.1) is 23.1 Å². The van der Waals surface area contributed by atoms with E-state index in [1.165, 1.54) is 44.6 Å². The number of benzene rings is 1. The van der Waals surface area contributed by atoms with E-state index in [1.54, 1.807) is 6.07 Å². The molecule has 2 fully saturated rings. The van der Waals surface area contributed by atoms with E-state index in [0.29, 0.717) is 6.04 Å². The Morgan fingerprint density at radius 2 is 2.00 bits per heavy atom. The van der Waals surface area contributed by atoms with Crippen LogP contribution in [0.15, 0.2) is 18.2 Å². The summed E-state index contributed by atoms with van der Waals surface area (Å²) in [6.07, 6.45) is 8.03. The third kappa shape index (κ3) is 2.71. The maximum Gasteiger partial charge on any atom is 0.140 e. The fourth-order valence-electron chi connectivity index (χ4n) is 3.92. The topological polar surface area (TPSA) is 27.0 Å². The zero-order chi connectivity index (χ0) is 13.9. The summed E-state index contributed by atoms with van der Waals surface area (Å²) in [6.45, 7) is 2.00. The Morgan fingerprint density at radius 3 is 2.85 bits per heavy atom. The van der Waals surface area contributed by atoms with Crippen LogP contribution < -0.4 is 0 Å². The molecule has 2 atom stereocenters. The van der Waals surface area contributed by atoms with Gasteiger partial charge in [0.05, 0.1) is 5.56 Å². The van der Waals surface area contributed by atoms with Gasteiger partial charge in [0, 0.05) is 12.6 Å². The molecule has 2 unspecified atom stereocenters. The highest BCUT2D eigenvalue weighted by Crippen LogP contribution is 2.35. The van der Waals surface area contributed by atoms with Crippen LogP contribution >= 0.6 is 0 Å². The Bertz CT molecular complexity index is 518. The average Bonchev–Trinajstić information content (AvgIpc) is 2.49. The van der Waals surface area contributed by atoms with Gasteiger partial charge in [0.25, 0.3) is 0 Å². The van der Waals surface area contributed by atoms with Crippen LogP contribution in [0.1, 0.15) is 49.7 Å². The van der Waals surface area contributed by atoms with E-state index in [0.717, 1.165) is 24.6 Å². The standard InChI is InChI=1S/C17H21FN2/c18-16-8-7-13(10-15(16)11-19)12-20-9-3-5-14-4-1-2-6-17(14)20/h7-8,10,14,17H,1-6,9,12H2. The molecule has 1 aliphatic heterocycles. The Morgan fingerprint density at radius 1 is 1.20 bits per heavy atom. The summed E-state index contributed by atoms with van der Waals surface area (Å²) >= 11 is 0. The monoisotopic (exact) mass is 272 g/mol. The smallest absolute Gasteiger partial charge is 0.140 e. The lowest BCUT2D eigenvalue weighted by Gasteiger charge is -2.44. The second-order valence-electron chi connectivity index (χ2n) is 6.15. The van der Waals surface area contributed by atoms with Crippen molar-refractivity contribution in [2.24, 2.45) is 5.92 Å². The highest BCUT2D eigenvalue weighted by molar-refractivity contribution is 5.34. The molecule has 1 saturated carbocycles. The summed E-state index contributed by atoms with van der Waals surface area (Å²) in [4.78, 5) is 2.56.